The Hall–Kier alpha value is -1.01. The number of methoxy groups -OCH3 is 1. The average molecular weight is 281 g/mol. The van der Waals surface area contributed by atoms with Gasteiger partial charge in [0.05, 0.1) is 11.6 Å². The Morgan fingerprint density at radius 1 is 1.47 bits per heavy atom. The third-order valence-electron chi connectivity index (χ3n) is 1.75. The smallest absolute Gasteiger partial charge is 0.339 e. The monoisotopic (exact) mass is 280 g/mol. The van der Waals surface area contributed by atoms with Crippen LogP contribution in [0.2, 0.25) is 0 Å². The number of halogens is 3. The Labute approximate surface area is 92.8 Å². The second-order valence-corrected chi connectivity index (χ2v) is 3.52. The summed E-state index contributed by atoms with van der Waals surface area (Å²) in [6, 6.07) is 1.71. The maximum atomic E-state index is 13.0. The fourth-order valence-electron chi connectivity index (χ4n) is 0.981. The van der Waals surface area contributed by atoms with Crippen molar-refractivity contribution in [1.29, 1.82) is 0 Å². The molecule has 1 rings (SSSR count). The van der Waals surface area contributed by atoms with E-state index in [2.05, 4.69) is 20.7 Å². The van der Waals surface area contributed by atoms with Gasteiger partial charge in [0.25, 0.3) is 0 Å². The van der Waals surface area contributed by atoms with Crippen molar-refractivity contribution in [2.75, 3.05) is 7.11 Å². The molecule has 3 nitrogen and oxygen atoms in total. The van der Waals surface area contributed by atoms with Crippen LogP contribution in [0, 0.1) is 11.6 Å². The molecule has 0 amide bonds. The zero-order valence-electron chi connectivity index (χ0n) is 7.63. The van der Waals surface area contributed by atoms with Gasteiger partial charge in [0, 0.05) is 0 Å². The van der Waals surface area contributed by atoms with Crippen LogP contribution in [-0.2, 0) is 9.53 Å². The Balaban J connectivity index is 3.11. The van der Waals surface area contributed by atoms with E-state index in [0.29, 0.717) is 0 Å². The Bertz CT molecular complexity index is 372. The largest absolute Gasteiger partial charge is 0.467 e. The normalized spacial score (nSPS) is 12.3. The van der Waals surface area contributed by atoms with Crippen LogP contribution in [0.5, 0.6) is 0 Å². The van der Waals surface area contributed by atoms with E-state index in [1.807, 2.05) is 0 Å². The van der Waals surface area contributed by atoms with Gasteiger partial charge in [0.2, 0.25) is 0 Å². The molecule has 0 fully saturated rings. The first-order chi connectivity index (χ1) is 6.97. The Morgan fingerprint density at radius 3 is 2.33 bits per heavy atom. The molecular weight excluding hydrogens is 274 g/mol. The lowest BCUT2D eigenvalue weighted by Gasteiger charge is -2.09. The van der Waals surface area contributed by atoms with Crippen LogP contribution in [-0.4, -0.2) is 18.2 Å². The first-order valence-corrected chi connectivity index (χ1v) is 4.67. The van der Waals surface area contributed by atoms with Crippen LogP contribution in [0.4, 0.5) is 8.78 Å². The van der Waals surface area contributed by atoms with E-state index in [9.17, 15) is 18.7 Å². The van der Waals surface area contributed by atoms with Gasteiger partial charge in [-0.1, -0.05) is 0 Å². The molecule has 0 aliphatic rings. The van der Waals surface area contributed by atoms with Crippen LogP contribution >= 0.6 is 15.9 Å². The predicted molar refractivity (Wildman–Crippen MR) is 51.0 cm³/mol. The summed E-state index contributed by atoms with van der Waals surface area (Å²) in [5, 5.41) is 9.31. The molecule has 0 saturated carbocycles. The van der Waals surface area contributed by atoms with Crippen LogP contribution in [0.25, 0.3) is 0 Å². The third kappa shape index (κ3) is 2.51. The molecule has 0 radical (unpaired) electrons. The maximum Gasteiger partial charge on any atom is 0.339 e. The van der Waals surface area contributed by atoms with Crippen LogP contribution in [0.1, 0.15) is 11.7 Å². The summed E-state index contributed by atoms with van der Waals surface area (Å²) in [5.74, 6) is -2.77. The molecule has 0 saturated heterocycles. The Kier molecular flexibility index (Phi) is 3.76. The SMILES string of the molecule is COC(=O)C(O)c1cc(F)c(Br)c(F)c1. The summed E-state index contributed by atoms with van der Waals surface area (Å²) in [6.45, 7) is 0. The summed E-state index contributed by atoms with van der Waals surface area (Å²) >= 11 is 2.67. The molecule has 82 valence electrons. The van der Waals surface area contributed by atoms with Crippen molar-refractivity contribution in [3.63, 3.8) is 0 Å². The molecule has 1 aromatic carbocycles. The molecule has 0 heterocycles. The molecule has 1 atom stereocenters. The van der Waals surface area contributed by atoms with E-state index in [1.54, 1.807) is 0 Å². The molecule has 1 unspecified atom stereocenters. The number of carbonyl (C=O) groups is 1. The number of hydrogen-bond donors (Lipinski definition) is 1. The number of hydrogen-bond acceptors (Lipinski definition) is 3. The highest BCUT2D eigenvalue weighted by molar-refractivity contribution is 9.10. The van der Waals surface area contributed by atoms with Gasteiger partial charge in [-0.25, -0.2) is 13.6 Å². The number of esters is 1. The topological polar surface area (TPSA) is 46.5 Å². The second-order valence-electron chi connectivity index (χ2n) is 2.72. The molecular formula is C9H7BrF2O3. The van der Waals surface area contributed by atoms with E-state index < -0.39 is 23.7 Å². The van der Waals surface area contributed by atoms with Gasteiger partial charge in [0.15, 0.2) is 6.10 Å². The number of rotatable bonds is 2. The van der Waals surface area contributed by atoms with E-state index in [1.165, 1.54) is 0 Å². The number of benzene rings is 1. The Morgan fingerprint density at radius 2 is 1.93 bits per heavy atom. The fourth-order valence-corrected chi connectivity index (χ4v) is 1.21. The molecule has 0 aliphatic heterocycles. The van der Waals surface area contributed by atoms with Crippen molar-refractivity contribution in [3.8, 4) is 0 Å². The zero-order valence-corrected chi connectivity index (χ0v) is 9.22. The van der Waals surface area contributed by atoms with Gasteiger partial charge in [-0.3, -0.25) is 0 Å². The molecule has 0 aromatic heterocycles. The highest BCUT2D eigenvalue weighted by Gasteiger charge is 2.20. The van der Waals surface area contributed by atoms with Crippen molar-refractivity contribution < 1.29 is 23.4 Å². The van der Waals surface area contributed by atoms with E-state index in [4.69, 9.17) is 0 Å². The van der Waals surface area contributed by atoms with Crippen LogP contribution < -0.4 is 0 Å². The predicted octanol–water partition coefficient (Wildman–Crippen LogP) is 1.93. The summed E-state index contributed by atoms with van der Waals surface area (Å²) in [7, 11) is 1.07. The highest BCUT2D eigenvalue weighted by atomic mass is 79.9. The van der Waals surface area contributed by atoms with Crippen molar-refractivity contribution in [3.05, 3.63) is 33.8 Å². The van der Waals surface area contributed by atoms with E-state index in [0.717, 1.165) is 19.2 Å². The van der Waals surface area contributed by atoms with E-state index in [-0.39, 0.29) is 10.0 Å². The standard InChI is InChI=1S/C9H7BrF2O3/c1-15-9(14)8(13)4-2-5(11)7(10)6(12)3-4/h2-3,8,13H,1H3. The van der Waals surface area contributed by atoms with Gasteiger partial charge in [-0.15, -0.1) is 0 Å². The van der Waals surface area contributed by atoms with Gasteiger partial charge in [0.1, 0.15) is 11.6 Å². The molecule has 6 heteroatoms. The van der Waals surface area contributed by atoms with Crippen molar-refractivity contribution >= 4 is 21.9 Å². The summed E-state index contributed by atoms with van der Waals surface area (Å²) < 4.78 is 29.9. The molecule has 0 bridgehead atoms. The minimum Gasteiger partial charge on any atom is -0.467 e. The minimum atomic E-state index is -1.69. The average Bonchev–Trinajstić information content (AvgIpc) is 2.23. The van der Waals surface area contributed by atoms with Crippen molar-refractivity contribution in [2.45, 2.75) is 6.10 Å². The first kappa shape index (κ1) is 12.1. The highest BCUT2D eigenvalue weighted by Crippen LogP contribution is 2.24. The van der Waals surface area contributed by atoms with Gasteiger partial charge in [-0.05, 0) is 33.6 Å². The van der Waals surface area contributed by atoms with Gasteiger partial charge >= 0.3 is 5.97 Å². The lowest BCUT2D eigenvalue weighted by atomic mass is 10.1. The van der Waals surface area contributed by atoms with Gasteiger partial charge in [-0.2, -0.15) is 0 Å². The fraction of sp³-hybridized carbons (Fsp3) is 0.222. The van der Waals surface area contributed by atoms with Crippen molar-refractivity contribution in [1.82, 2.24) is 0 Å². The molecule has 0 aliphatic carbocycles. The molecule has 1 aromatic rings. The molecule has 1 N–H and O–H groups in total. The van der Waals surface area contributed by atoms with Crippen molar-refractivity contribution in [2.24, 2.45) is 0 Å². The lowest BCUT2D eigenvalue weighted by Crippen LogP contribution is -2.14. The quantitative estimate of drug-likeness (QED) is 0.665. The summed E-state index contributed by atoms with van der Waals surface area (Å²) in [5.41, 5.74) is -0.194. The number of aliphatic hydroxyl groups is 1. The number of carbonyl (C=O) groups excluding carboxylic acids is 1. The first-order valence-electron chi connectivity index (χ1n) is 3.87. The zero-order chi connectivity index (χ0) is 11.6. The second kappa shape index (κ2) is 4.67. The van der Waals surface area contributed by atoms with Crippen LogP contribution in [0.3, 0.4) is 0 Å². The maximum absolute atomic E-state index is 13.0. The number of aliphatic hydroxyl groups excluding tert-OH is 1. The van der Waals surface area contributed by atoms with Gasteiger partial charge < -0.3 is 9.84 Å². The van der Waals surface area contributed by atoms with Crippen LogP contribution in [0.15, 0.2) is 16.6 Å². The minimum absolute atomic E-state index is 0.194. The molecule has 0 spiro atoms. The summed E-state index contributed by atoms with van der Waals surface area (Å²) in [6.07, 6.45) is -1.69. The number of ether oxygens (including phenoxy) is 1. The third-order valence-corrected chi connectivity index (χ3v) is 2.50. The lowest BCUT2D eigenvalue weighted by molar-refractivity contribution is -0.150. The molecule has 15 heavy (non-hydrogen) atoms. The van der Waals surface area contributed by atoms with E-state index >= 15 is 0 Å². The summed E-state index contributed by atoms with van der Waals surface area (Å²) in [4.78, 5) is 10.9.